The maximum Gasteiger partial charge on any atom is 0.336 e. The van der Waals surface area contributed by atoms with Gasteiger partial charge in [0, 0.05) is 13.1 Å². The number of carboxylic acids is 1. The highest BCUT2D eigenvalue weighted by molar-refractivity contribution is 5.93. The average Bonchev–Trinajstić information content (AvgIpc) is 2.31. The van der Waals surface area contributed by atoms with Crippen LogP contribution in [0.15, 0.2) is 12.1 Å². The van der Waals surface area contributed by atoms with Crippen LogP contribution in [0, 0.1) is 0 Å². The molecule has 0 aliphatic heterocycles. The molecular formula is C13H20N2O2. The Balaban J connectivity index is 3.44. The van der Waals surface area contributed by atoms with Crippen LogP contribution in [-0.4, -0.2) is 24.2 Å². The van der Waals surface area contributed by atoms with Gasteiger partial charge < -0.3 is 15.7 Å². The molecule has 4 nitrogen and oxygen atoms in total. The summed E-state index contributed by atoms with van der Waals surface area (Å²) in [5.41, 5.74) is 8.68. The van der Waals surface area contributed by atoms with Crippen LogP contribution in [0.1, 0.15) is 36.7 Å². The molecule has 0 spiro atoms. The second kappa shape index (κ2) is 5.57. The lowest BCUT2D eigenvalue weighted by Crippen LogP contribution is -2.25. The first-order chi connectivity index (χ1) is 8.06. The van der Waals surface area contributed by atoms with E-state index in [1.54, 1.807) is 12.1 Å². The topological polar surface area (TPSA) is 66.6 Å². The zero-order chi connectivity index (χ0) is 13.0. The summed E-state index contributed by atoms with van der Waals surface area (Å²) in [6.45, 7) is 7.66. The van der Waals surface area contributed by atoms with Gasteiger partial charge in [-0.1, -0.05) is 6.92 Å². The van der Waals surface area contributed by atoms with Crippen LogP contribution in [0.5, 0.6) is 0 Å². The van der Waals surface area contributed by atoms with Gasteiger partial charge in [-0.25, -0.2) is 4.79 Å². The van der Waals surface area contributed by atoms with Gasteiger partial charge in [0.15, 0.2) is 0 Å². The number of rotatable bonds is 5. The maximum atomic E-state index is 11.2. The average molecular weight is 236 g/mol. The van der Waals surface area contributed by atoms with Gasteiger partial charge >= 0.3 is 5.97 Å². The predicted octanol–water partition coefficient (Wildman–Crippen LogP) is 2.38. The highest BCUT2D eigenvalue weighted by atomic mass is 16.4. The van der Waals surface area contributed by atoms with Crippen molar-refractivity contribution in [3.05, 3.63) is 23.3 Å². The quantitative estimate of drug-likeness (QED) is 0.770. The molecule has 17 heavy (non-hydrogen) atoms. The van der Waals surface area contributed by atoms with Crippen molar-refractivity contribution in [3.8, 4) is 0 Å². The molecule has 0 heterocycles. The first-order valence-electron chi connectivity index (χ1n) is 5.96. The van der Waals surface area contributed by atoms with Gasteiger partial charge in [-0.15, -0.1) is 0 Å². The van der Waals surface area contributed by atoms with E-state index < -0.39 is 5.97 Å². The third kappa shape index (κ3) is 2.52. The van der Waals surface area contributed by atoms with E-state index in [0.717, 1.165) is 24.3 Å². The predicted molar refractivity (Wildman–Crippen MR) is 70.8 cm³/mol. The number of nitrogens with zero attached hydrogens (tertiary/aromatic N) is 1. The lowest BCUT2D eigenvalue weighted by Gasteiger charge is -2.26. The van der Waals surface area contributed by atoms with Crippen molar-refractivity contribution >= 4 is 17.3 Å². The fourth-order valence-electron chi connectivity index (χ4n) is 2.13. The highest BCUT2D eigenvalue weighted by Gasteiger charge is 2.18. The van der Waals surface area contributed by atoms with Gasteiger partial charge in [0.2, 0.25) is 0 Å². The number of aromatic carboxylic acids is 1. The Morgan fingerprint density at radius 1 is 1.29 bits per heavy atom. The Morgan fingerprint density at radius 2 is 1.88 bits per heavy atom. The Hall–Kier alpha value is -1.71. The standard InChI is InChI=1S/C13H20N2O2/c1-4-9-10(13(16)17)7-8-11(14)12(9)15(5-2)6-3/h7-8H,4-6,14H2,1-3H3,(H,16,17). The van der Waals surface area contributed by atoms with E-state index in [2.05, 4.69) is 4.90 Å². The molecule has 0 bridgehead atoms. The SMILES string of the molecule is CCc1c(C(=O)O)ccc(N)c1N(CC)CC. The number of hydrogen-bond donors (Lipinski definition) is 2. The highest BCUT2D eigenvalue weighted by Crippen LogP contribution is 2.31. The van der Waals surface area contributed by atoms with Crippen molar-refractivity contribution in [1.29, 1.82) is 0 Å². The first kappa shape index (κ1) is 13.4. The molecule has 0 aromatic heterocycles. The number of benzene rings is 1. The van der Waals surface area contributed by atoms with E-state index >= 15 is 0 Å². The lowest BCUT2D eigenvalue weighted by atomic mass is 10.0. The van der Waals surface area contributed by atoms with E-state index in [1.807, 2.05) is 20.8 Å². The van der Waals surface area contributed by atoms with Crippen LogP contribution in [0.2, 0.25) is 0 Å². The molecule has 0 aliphatic carbocycles. The Labute approximate surface area is 102 Å². The second-order valence-electron chi connectivity index (χ2n) is 3.86. The molecule has 1 aromatic rings. The Kier molecular flexibility index (Phi) is 4.37. The number of anilines is 2. The Morgan fingerprint density at radius 3 is 2.29 bits per heavy atom. The summed E-state index contributed by atoms with van der Waals surface area (Å²) >= 11 is 0. The lowest BCUT2D eigenvalue weighted by molar-refractivity contribution is 0.0696. The minimum atomic E-state index is -0.893. The van der Waals surface area contributed by atoms with Crippen molar-refractivity contribution < 1.29 is 9.90 Å². The van der Waals surface area contributed by atoms with Crippen molar-refractivity contribution in [2.45, 2.75) is 27.2 Å². The number of carbonyl (C=O) groups is 1. The van der Waals surface area contributed by atoms with Gasteiger partial charge in [-0.2, -0.15) is 0 Å². The minimum absolute atomic E-state index is 0.351. The van der Waals surface area contributed by atoms with Crippen molar-refractivity contribution in [3.63, 3.8) is 0 Å². The number of carboxylic acid groups (broad SMARTS) is 1. The molecule has 0 aliphatic rings. The van der Waals surface area contributed by atoms with Crippen molar-refractivity contribution in [1.82, 2.24) is 0 Å². The summed E-state index contributed by atoms with van der Waals surface area (Å²) in [7, 11) is 0. The van der Waals surface area contributed by atoms with E-state index in [4.69, 9.17) is 5.73 Å². The molecule has 0 radical (unpaired) electrons. The fraction of sp³-hybridized carbons (Fsp3) is 0.462. The molecule has 0 atom stereocenters. The summed E-state index contributed by atoms with van der Waals surface area (Å²) < 4.78 is 0. The second-order valence-corrected chi connectivity index (χ2v) is 3.86. The minimum Gasteiger partial charge on any atom is -0.478 e. The Bertz CT molecular complexity index is 412. The molecule has 1 rings (SSSR count). The van der Waals surface area contributed by atoms with Gasteiger partial charge in [0.25, 0.3) is 0 Å². The van der Waals surface area contributed by atoms with Gasteiger partial charge in [0.1, 0.15) is 0 Å². The van der Waals surface area contributed by atoms with E-state index in [9.17, 15) is 9.90 Å². The van der Waals surface area contributed by atoms with Crippen LogP contribution in [-0.2, 0) is 6.42 Å². The smallest absolute Gasteiger partial charge is 0.336 e. The fourth-order valence-corrected chi connectivity index (χ4v) is 2.13. The molecule has 0 fully saturated rings. The van der Waals surface area contributed by atoms with E-state index in [-0.39, 0.29) is 0 Å². The van der Waals surface area contributed by atoms with Crippen molar-refractivity contribution in [2.24, 2.45) is 0 Å². The summed E-state index contributed by atoms with van der Waals surface area (Å²) in [6, 6.07) is 3.26. The van der Waals surface area contributed by atoms with Crippen LogP contribution < -0.4 is 10.6 Å². The van der Waals surface area contributed by atoms with Crippen LogP contribution >= 0.6 is 0 Å². The molecule has 94 valence electrons. The van der Waals surface area contributed by atoms with Crippen LogP contribution in [0.25, 0.3) is 0 Å². The summed E-state index contributed by atoms with van der Waals surface area (Å²) in [5.74, 6) is -0.893. The molecule has 0 saturated carbocycles. The van der Waals surface area contributed by atoms with Gasteiger partial charge in [0.05, 0.1) is 16.9 Å². The van der Waals surface area contributed by atoms with Gasteiger partial charge in [-0.3, -0.25) is 0 Å². The van der Waals surface area contributed by atoms with E-state index in [0.29, 0.717) is 17.7 Å². The molecule has 0 amide bonds. The number of nitrogens with two attached hydrogens (primary N) is 1. The maximum absolute atomic E-state index is 11.2. The summed E-state index contributed by atoms with van der Waals surface area (Å²) in [4.78, 5) is 13.3. The largest absolute Gasteiger partial charge is 0.478 e. The monoisotopic (exact) mass is 236 g/mol. The number of nitrogen functional groups attached to an aromatic ring is 1. The third-order valence-electron chi connectivity index (χ3n) is 2.98. The molecule has 3 N–H and O–H groups in total. The molecule has 0 saturated heterocycles. The summed E-state index contributed by atoms with van der Waals surface area (Å²) in [6.07, 6.45) is 0.665. The third-order valence-corrected chi connectivity index (χ3v) is 2.98. The van der Waals surface area contributed by atoms with Crippen LogP contribution in [0.3, 0.4) is 0 Å². The van der Waals surface area contributed by atoms with Crippen molar-refractivity contribution in [2.75, 3.05) is 23.7 Å². The first-order valence-corrected chi connectivity index (χ1v) is 5.96. The zero-order valence-corrected chi connectivity index (χ0v) is 10.7. The van der Waals surface area contributed by atoms with Crippen LogP contribution in [0.4, 0.5) is 11.4 Å². The number of hydrogen-bond acceptors (Lipinski definition) is 3. The van der Waals surface area contributed by atoms with E-state index in [1.165, 1.54) is 0 Å². The zero-order valence-electron chi connectivity index (χ0n) is 10.7. The van der Waals surface area contributed by atoms with Gasteiger partial charge in [-0.05, 0) is 38.0 Å². The summed E-state index contributed by atoms with van der Waals surface area (Å²) in [5, 5.41) is 9.18. The molecular weight excluding hydrogens is 216 g/mol. The molecule has 4 heteroatoms. The molecule has 0 unspecified atom stereocenters. The normalized spacial score (nSPS) is 10.3. The molecule has 1 aromatic carbocycles.